The van der Waals surface area contributed by atoms with Gasteiger partial charge in [0, 0.05) is 25.5 Å². The molecule has 2 aromatic carbocycles. The number of hydrogen-bond acceptors (Lipinski definition) is 4. The van der Waals surface area contributed by atoms with Gasteiger partial charge in [-0.05, 0) is 43.3 Å². The Labute approximate surface area is 149 Å². The number of nitrogens with one attached hydrogen (secondary N) is 2. The molecule has 0 aliphatic heterocycles. The molecular formula is C19H20N4O3. The van der Waals surface area contributed by atoms with E-state index in [-0.39, 0.29) is 0 Å². The lowest BCUT2D eigenvalue weighted by Crippen LogP contribution is -2.41. The van der Waals surface area contributed by atoms with Crippen LogP contribution in [0.2, 0.25) is 0 Å². The number of aromatic amines is 1. The molecule has 3 aromatic rings. The van der Waals surface area contributed by atoms with Crippen molar-refractivity contribution in [3.05, 3.63) is 69.4 Å². The number of carbonyl (C=O) groups is 1. The molecule has 1 atom stereocenters. The van der Waals surface area contributed by atoms with Gasteiger partial charge in [0.15, 0.2) is 0 Å². The molecule has 0 bridgehead atoms. The van der Waals surface area contributed by atoms with E-state index >= 15 is 0 Å². The summed E-state index contributed by atoms with van der Waals surface area (Å²) < 4.78 is 0.936. The molecule has 0 saturated heterocycles. The van der Waals surface area contributed by atoms with Crippen molar-refractivity contribution in [2.75, 3.05) is 24.3 Å². The van der Waals surface area contributed by atoms with Crippen molar-refractivity contribution in [2.45, 2.75) is 13.0 Å². The highest BCUT2D eigenvalue weighted by Gasteiger charge is 2.20. The third-order valence-corrected chi connectivity index (χ3v) is 4.25. The topological polar surface area (TPSA) is 87.2 Å². The van der Waals surface area contributed by atoms with Gasteiger partial charge in [0.05, 0.1) is 10.9 Å². The lowest BCUT2D eigenvalue weighted by atomic mass is 10.2. The second-order valence-electron chi connectivity index (χ2n) is 6.26. The molecule has 0 aliphatic rings. The van der Waals surface area contributed by atoms with Gasteiger partial charge in [-0.25, -0.2) is 9.36 Å². The van der Waals surface area contributed by atoms with Gasteiger partial charge in [-0.1, -0.05) is 12.1 Å². The summed E-state index contributed by atoms with van der Waals surface area (Å²) in [6.45, 7) is 1.52. The molecule has 0 aliphatic carbocycles. The Morgan fingerprint density at radius 3 is 2.38 bits per heavy atom. The predicted octanol–water partition coefficient (Wildman–Crippen LogP) is 1.96. The van der Waals surface area contributed by atoms with Crippen molar-refractivity contribution in [3.8, 4) is 0 Å². The fourth-order valence-corrected chi connectivity index (χ4v) is 2.73. The van der Waals surface area contributed by atoms with Gasteiger partial charge in [0.1, 0.15) is 6.04 Å². The molecule has 26 heavy (non-hydrogen) atoms. The fourth-order valence-electron chi connectivity index (χ4n) is 2.73. The summed E-state index contributed by atoms with van der Waals surface area (Å²) in [4.78, 5) is 42.0. The van der Waals surface area contributed by atoms with E-state index in [0.717, 1.165) is 10.3 Å². The summed E-state index contributed by atoms with van der Waals surface area (Å²) in [7, 11) is 3.85. The minimum absolute atomic E-state index is 0.363. The Balaban J connectivity index is 1.90. The number of amides is 1. The fraction of sp³-hybridized carbons (Fsp3) is 0.211. The molecule has 7 heteroatoms. The first-order valence-electron chi connectivity index (χ1n) is 8.20. The highest BCUT2D eigenvalue weighted by atomic mass is 16.2. The maximum Gasteiger partial charge on any atom is 0.329 e. The summed E-state index contributed by atoms with van der Waals surface area (Å²) in [6, 6.07) is 13.0. The van der Waals surface area contributed by atoms with E-state index in [9.17, 15) is 14.4 Å². The maximum absolute atomic E-state index is 12.6. The van der Waals surface area contributed by atoms with Crippen LogP contribution in [0.25, 0.3) is 10.9 Å². The minimum Gasteiger partial charge on any atom is -0.378 e. The smallest absolute Gasteiger partial charge is 0.329 e. The minimum atomic E-state index is -0.954. The molecule has 2 N–H and O–H groups in total. The predicted molar refractivity (Wildman–Crippen MR) is 103 cm³/mol. The van der Waals surface area contributed by atoms with E-state index in [1.54, 1.807) is 36.4 Å². The summed E-state index contributed by atoms with van der Waals surface area (Å²) in [5, 5.41) is 3.10. The Bertz CT molecular complexity index is 1060. The molecule has 0 unspecified atom stereocenters. The SMILES string of the molecule is C[C@@H](C(=O)Nc1ccc(N(C)C)cc1)n1c(=O)[nH]c2ccccc2c1=O. The first kappa shape index (κ1) is 17.5. The normalized spacial score (nSPS) is 12.0. The van der Waals surface area contributed by atoms with Gasteiger partial charge in [-0.2, -0.15) is 0 Å². The van der Waals surface area contributed by atoms with Crippen molar-refractivity contribution >= 4 is 28.2 Å². The number of hydrogen-bond donors (Lipinski definition) is 2. The average Bonchev–Trinajstić information content (AvgIpc) is 2.62. The quantitative estimate of drug-likeness (QED) is 0.751. The molecule has 0 saturated carbocycles. The Kier molecular flexibility index (Phi) is 4.62. The molecule has 1 amide bonds. The second-order valence-corrected chi connectivity index (χ2v) is 6.26. The van der Waals surface area contributed by atoms with Crippen molar-refractivity contribution in [3.63, 3.8) is 0 Å². The molecule has 0 radical (unpaired) electrons. The van der Waals surface area contributed by atoms with Crippen molar-refractivity contribution in [1.29, 1.82) is 0 Å². The number of H-pyrrole nitrogens is 1. The number of para-hydroxylation sites is 1. The highest BCUT2D eigenvalue weighted by molar-refractivity contribution is 5.93. The van der Waals surface area contributed by atoms with Gasteiger partial charge in [0.2, 0.25) is 5.91 Å². The lowest BCUT2D eigenvalue weighted by molar-refractivity contribution is -0.119. The van der Waals surface area contributed by atoms with Gasteiger partial charge in [-0.3, -0.25) is 9.59 Å². The zero-order valence-corrected chi connectivity index (χ0v) is 14.8. The van der Waals surface area contributed by atoms with Gasteiger partial charge < -0.3 is 15.2 Å². The van der Waals surface area contributed by atoms with Crippen molar-refractivity contribution in [2.24, 2.45) is 0 Å². The Hall–Kier alpha value is -3.35. The third kappa shape index (κ3) is 3.23. The van der Waals surface area contributed by atoms with Crippen LogP contribution in [-0.2, 0) is 4.79 Å². The van der Waals surface area contributed by atoms with E-state index in [4.69, 9.17) is 0 Å². The third-order valence-electron chi connectivity index (χ3n) is 4.25. The van der Waals surface area contributed by atoms with Crippen LogP contribution in [0.15, 0.2) is 58.1 Å². The number of anilines is 2. The van der Waals surface area contributed by atoms with E-state index in [2.05, 4.69) is 10.3 Å². The summed E-state index contributed by atoms with van der Waals surface area (Å²) >= 11 is 0. The molecule has 134 valence electrons. The van der Waals surface area contributed by atoms with Gasteiger partial charge in [-0.15, -0.1) is 0 Å². The molecule has 1 aromatic heterocycles. The van der Waals surface area contributed by atoms with E-state index in [1.807, 2.05) is 31.1 Å². The highest BCUT2D eigenvalue weighted by Crippen LogP contribution is 2.17. The molecule has 1 heterocycles. The first-order valence-corrected chi connectivity index (χ1v) is 8.20. The second kappa shape index (κ2) is 6.87. The zero-order valence-electron chi connectivity index (χ0n) is 14.8. The standard InChI is InChI=1S/C19H20N4O3/c1-12(17(24)20-13-8-10-14(11-9-13)22(2)3)23-18(25)15-6-4-5-7-16(15)21-19(23)26/h4-12H,1-3H3,(H,20,24)(H,21,26)/t12-/m0/s1. The molecule has 0 fully saturated rings. The summed E-state index contributed by atoms with van der Waals surface area (Å²) in [5.41, 5.74) is 0.941. The van der Waals surface area contributed by atoms with Crippen LogP contribution < -0.4 is 21.5 Å². The Morgan fingerprint density at radius 2 is 1.73 bits per heavy atom. The monoisotopic (exact) mass is 352 g/mol. The molecule has 3 rings (SSSR count). The van der Waals surface area contributed by atoms with Crippen LogP contribution in [0.4, 0.5) is 11.4 Å². The number of carbonyl (C=O) groups excluding carboxylic acids is 1. The lowest BCUT2D eigenvalue weighted by Gasteiger charge is -2.16. The number of benzene rings is 2. The van der Waals surface area contributed by atoms with Crippen LogP contribution >= 0.6 is 0 Å². The first-order chi connectivity index (χ1) is 12.4. The Morgan fingerprint density at radius 1 is 1.08 bits per heavy atom. The maximum atomic E-state index is 12.6. The summed E-state index contributed by atoms with van der Waals surface area (Å²) in [6.07, 6.45) is 0. The van der Waals surface area contributed by atoms with E-state index in [0.29, 0.717) is 16.6 Å². The van der Waals surface area contributed by atoms with Crippen LogP contribution in [0.3, 0.4) is 0 Å². The number of nitrogens with zero attached hydrogens (tertiary/aromatic N) is 2. The zero-order chi connectivity index (χ0) is 18.8. The average molecular weight is 352 g/mol. The van der Waals surface area contributed by atoms with Crippen LogP contribution in [0.1, 0.15) is 13.0 Å². The van der Waals surface area contributed by atoms with E-state index < -0.39 is 23.2 Å². The summed E-state index contributed by atoms with van der Waals surface area (Å²) in [5.74, 6) is -0.439. The van der Waals surface area contributed by atoms with Crippen LogP contribution in [0.5, 0.6) is 0 Å². The molecule has 7 nitrogen and oxygen atoms in total. The number of rotatable bonds is 4. The number of aromatic nitrogens is 2. The largest absolute Gasteiger partial charge is 0.378 e. The van der Waals surface area contributed by atoms with Crippen molar-refractivity contribution in [1.82, 2.24) is 9.55 Å². The molecular weight excluding hydrogens is 332 g/mol. The van der Waals surface area contributed by atoms with E-state index in [1.165, 1.54) is 6.92 Å². The number of fused-ring (bicyclic) bond motifs is 1. The van der Waals surface area contributed by atoms with Gasteiger partial charge in [0.25, 0.3) is 5.56 Å². The van der Waals surface area contributed by atoms with Gasteiger partial charge >= 0.3 is 5.69 Å². The van der Waals surface area contributed by atoms with Crippen LogP contribution in [0, 0.1) is 0 Å². The van der Waals surface area contributed by atoms with Crippen molar-refractivity contribution < 1.29 is 4.79 Å². The molecule has 0 spiro atoms. The van der Waals surface area contributed by atoms with Crippen LogP contribution in [-0.4, -0.2) is 29.6 Å².